The third-order valence-electron chi connectivity index (χ3n) is 4.03. The van der Waals surface area contributed by atoms with E-state index in [4.69, 9.17) is 5.73 Å². The lowest BCUT2D eigenvalue weighted by Gasteiger charge is -2.48. The fraction of sp³-hybridized carbons (Fsp3) is 0.571. The van der Waals surface area contributed by atoms with E-state index in [1.165, 1.54) is 6.07 Å². The minimum absolute atomic E-state index is 0.157. The number of hydrogen-bond donors (Lipinski definition) is 2. The molecule has 0 amide bonds. The van der Waals surface area contributed by atoms with E-state index in [-0.39, 0.29) is 12.1 Å². The van der Waals surface area contributed by atoms with Gasteiger partial charge in [0.1, 0.15) is 0 Å². The van der Waals surface area contributed by atoms with Crippen LogP contribution in [0, 0.1) is 5.82 Å². The van der Waals surface area contributed by atoms with Crippen molar-refractivity contribution < 1.29 is 22.3 Å². The van der Waals surface area contributed by atoms with Crippen molar-refractivity contribution in [1.29, 1.82) is 0 Å². The van der Waals surface area contributed by atoms with Gasteiger partial charge < -0.3 is 15.8 Å². The second-order valence-electron chi connectivity index (χ2n) is 5.79. The quantitative estimate of drug-likeness (QED) is 0.815. The molecule has 0 aliphatic carbocycles. The van der Waals surface area contributed by atoms with Crippen LogP contribution in [-0.4, -0.2) is 55.1 Å². The zero-order valence-corrected chi connectivity index (χ0v) is 12.3. The van der Waals surface area contributed by atoms with Gasteiger partial charge in [-0.2, -0.15) is 0 Å². The molecular weight excluding hydrogens is 316 g/mol. The molecule has 2 aliphatic rings. The molecule has 23 heavy (non-hydrogen) atoms. The number of hydrogen-bond acceptors (Lipinski definition) is 5. The van der Waals surface area contributed by atoms with Crippen molar-refractivity contribution in [2.75, 3.05) is 32.7 Å². The molecule has 1 atom stereocenters. The summed E-state index contributed by atoms with van der Waals surface area (Å²) in [6.07, 6.45) is -4.90. The van der Waals surface area contributed by atoms with E-state index in [0.29, 0.717) is 18.7 Å². The Labute approximate surface area is 130 Å². The average molecular weight is 334 g/mol. The van der Waals surface area contributed by atoms with E-state index >= 15 is 0 Å². The molecule has 0 saturated carbocycles. The predicted molar refractivity (Wildman–Crippen MR) is 74.9 cm³/mol. The van der Waals surface area contributed by atoms with E-state index in [2.05, 4.69) is 20.1 Å². The van der Waals surface area contributed by atoms with Crippen LogP contribution in [0.1, 0.15) is 11.6 Å². The van der Waals surface area contributed by atoms with E-state index in [0.717, 1.165) is 31.8 Å². The number of halogens is 4. The SMILES string of the molecule is NC1CN(N2CCNC(c3ccc(OC(F)(F)F)c(F)c3)C2)C1. The van der Waals surface area contributed by atoms with Gasteiger partial charge in [0.05, 0.1) is 0 Å². The molecule has 0 bridgehead atoms. The Kier molecular flexibility index (Phi) is 4.45. The van der Waals surface area contributed by atoms with Crippen molar-refractivity contribution in [2.24, 2.45) is 5.73 Å². The highest BCUT2D eigenvalue weighted by molar-refractivity contribution is 5.31. The second-order valence-corrected chi connectivity index (χ2v) is 5.79. The monoisotopic (exact) mass is 334 g/mol. The van der Waals surface area contributed by atoms with Gasteiger partial charge in [0, 0.05) is 44.8 Å². The molecule has 128 valence electrons. The molecule has 2 saturated heterocycles. The lowest BCUT2D eigenvalue weighted by Crippen LogP contribution is -2.65. The molecule has 0 radical (unpaired) electrons. The highest BCUT2D eigenvalue weighted by Gasteiger charge is 2.34. The van der Waals surface area contributed by atoms with Crippen LogP contribution in [0.3, 0.4) is 0 Å². The smallest absolute Gasteiger partial charge is 0.403 e. The Morgan fingerprint density at radius 2 is 1.91 bits per heavy atom. The van der Waals surface area contributed by atoms with Gasteiger partial charge in [0.25, 0.3) is 0 Å². The molecule has 3 N–H and O–H groups in total. The van der Waals surface area contributed by atoms with Crippen LogP contribution in [0.5, 0.6) is 5.75 Å². The normalized spacial score (nSPS) is 24.5. The van der Waals surface area contributed by atoms with Gasteiger partial charge in [-0.1, -0.05) is 6.07 Å². The molecule has 1 unspecified atom stereocenters. The van der Waals surface area contributed by atoms with Gasteiger partial charge in [-0.15, -0.1) is 13.2 Å². The summed E-state index contributed by atoms with van der Waals surface area (Å²) in [4.78, 5) is 0. The average Bonchev–Trinajstić information content (AvgIpc) is 2.45. The summed E-state index contributed by atoms with van der Waals surface area (Å²) in [6, 6.07) is 3.57. The molecule has 2 aliphatic heterocycles. The van der Waals surface area contributed by atoms with E-state index in [9.17, 15) is 17.6 Å². The van der Waals surface area contributed by atoms with Crippen molar-refractivity contribution in [3.05, 3.63) is 29.6 Å². The third-order valence-corrected chi connectivity index (χ3v) is 4.03. The highest BCUT2D eigenvalue weighted by atomic mass is 19.4. The molecule has 5 nitrogen and oxygen atoms in total. The van der Waals surface area contributed by atoms with Crippen LogP contribution in [0.15, 0.2) is 18.2 Å². The fourth-order valence-electron chi connectivity index (χ4n) is 2.87. The molecule has 3 rings (SSSR count). The van der Waals surface area contributed by atoms with Crippen LogP contribution in [0.2, 0.25) is 0 Å². The first-order valence-corrected chi connectivity index (χ1v) is 7.36. The summed E-state index contributed by atoms with van der Waals surface area (Å²) in [5.41, 5.74) is 6.36. The molecule has 0 spiro atoms. The second kappa shape index (κ2) is 6.23. The minimum Gasteiger partial charge on any atom is -0.403 e. The van der Waals surface area contributed by atoms with Gasteiger partial charge in [-0.05, 0) is 17.7 Å². The number of ether oxygens (including phenoxy) is 1. The molecular formula is C14H18F4N4O. The fourth-order valence-corrected chi connectivity index (χ4v) is 2.87. The third kappa shape index (κ3) is 3.92. The van der Waals surface area contributed by atoms with Gasteiger partial charge in [-0.3, -0.25) is 0 Å². The maximum absolute atomic E-state index is 13.8. The Balaban J connectivity index is 1.67. The van der Waals surface area contributed by atoms with Crippen molar-refractivity contribution >= 4 is 0 Å². The number of piperazine rings is 1. The Morgan fingerprint density at radius 1 is 1.17 bits per heavy atom. The van der Waals surface area contributed by atoms with Gasteiger partial charge in [0.2, 0.25) is 0 Å². The van der Waals surface area contributed by atoms with Gasteiger partial charge >= 0.3 is 6.36 Å². The number of benzene rings is 1. The van der Waals surface area contributed by atoms with Crippen molar-refractivity contribution in [3.8, 4) is 5.75 Å². The van der Waals surface area contributed by atoms with Crippen molar-refractivity contribution in [1.82, 2.24) is 15.3 Å². The maximum atomic E-state index is 13.8. The van der Waals surface area contributed by atoms with Crippen molar-refractivity contribution in [2.45, 2.75) is 18.4 Å². The molecule has 1 aromatic rings. The molecule has 2 fully saturated rings. The van der Waals surface area contributed by atoms with Gasteiger partial charge in [-0.25, -0.2) is 14.4 Å². The summed E-state index contributed by atoms with van der Waals surface area (Å²) in [7, 11) is 0. The Bertz CT molecular complexity index is 562. The molecule has 1 aromatic carbocycles. The van der Waals surface area contributed by atoms with Crippen LogP contribution < -0.4 is 15.8 Å². The van der Waals surface area contributed by atoms with Gasteiger partial charge in [0.15, 0.2) is 11.6 Å². The molecule has 9 heteroatoms. The summed E-state index contributed by atoms with van der Waals surface area (Å²) < 4.78 is 54.0. The number of nitrogens with two attached hydrogens (primary N) is 1. The summed E-state index contributed by atoms with van der Waals surface area (Å²) in [6.45, 7) is 3.73. The van der Waals surface area contributed by atoms with Crippen molar-refractivity contribution in [3.63, 3.8) is 0 Å². The minimum atomic E-state index is -4.90. The summed E-state index contributed by atoms with van der Waals surface area (Å²) in [5.74, 6) is -1.84. The number of nitrogens with one attached hydrogen (secondary N) is 1. The van der Waals surface area contributed by atoms with E-state index in [1.54, 1.807) is 0 Å². The topological polar surface area (TPSA) is 53.8 Å². The lowest BCUT2D eigenvalue weighted by atomic mass is 10.0. The van der Waals surface area contributed by atoms with Crippen LogP contribution in [0.4, 0.5) is 17.6 Å². The standard InChI is InChI=1S/C14H18F4N4O/c15-11-5-9(1-2-13(11)23-14(16,17)18)12-8-21(4-3-20-12)22-6-10(19)7-22/h1-2,5,10,12,20H,3-4,6-8,19H2. The van der Waals surface area contributed by atoms with E-state index < -0.39 is 17.9 Å². The first kappa shape index (κ1) is 16.4. The van der Waals surface area contributed by atoms with Crippen LogP contribution >= 0.6 is 0 Å². The zero-order valence-electron chi connectivity index (χ0n) is 12.3. The summed E-state index contributed by atoms with van der Waals surface area (Å²) >= 11 is 0. The number of hydrazine groups is 1. The maximum Gasteiger partial charge on any atom is 0.573 e. The van der Waals surface area contributed by atoms with Crippen LogP contribution in [-0.2, 0) is 0 Å². The Morgan fingerprint density at radius 3 is 2.52 bits per heavy atom. The Hall–Kier alpha value is -1.42. The first-order valence-electron chi connectivity index (χ1n) is 7.36. The molecule has 0 aromatic heterocycles. The predicted octanol–water partition coefficient (Wildman–Crippen LogP) is 1.23. The summed E-state index contributed by atoms with van der Waals surface area (Å²) in [5, 5.41) is 7.52. The van der Waals surface area contributed by atoms with E-state index in [1.807, 2.05) is 0 Å². The zero-order chi connectivity index (χ0) is 16.6. The molecule has 2 heterocycles. The number of nitrogens with zero attached hydrogens (tertiary/aromatic N) is 2. The largest absolute Gasteiger partial charge is 0.573 e. The first-order chi connectivity index (χ1) is 10.8. The van der Waals surface area contributed by atoms with Crippen LogP contribution in [0.25, 0.3) is 0 Å². The number of alkyl halides is 3. The highest BCUT2D eigenvalue weighted by Crippen LogP contribution is 2.29. The number of rotatable bonds is 3. The lowest BCUT2D eigenvalue weighted by molar-refractivity contribution is -0.275.